The zero-order valence-electron chi connectivity index (χ0n) is 11.6. The summed E-state index contributed by atoms with van der Waals surface area (Å²) in [5.74, 6) is 0.371. The molecule has 0 unspecified atom stereocenters. The average molecular weight is 319 g/mol. The molecule has 20 heavy (non-hydrogen) atoms. The quantitative estimate of drug-likeness (QED) is 0.619. The monoisotopic (exact) mass is 318 g/mol. The van der Waals surface area contributed by atoms with Gasteiger partial charge in [-0.15, -0.1) is 11.6 Å². The van der Waals surface area contributed by atoms with Gasteiger partial charge in [0.15, 0.2) is 0 Å². The number of alkyl halides is 1. The first kappa shape index (κ1) is 16.8. The summed E-state index contributed by atoms with van der Waals surface area (Å²) in [6, 6.07) is 6.35. The minimum absolute atomic E-state index is 0.0398. The van der Waals surface area contributed by atoms with Crippen molar-refractivity contribution >= 4 is 33.2 Å². The third-order valence-electron chi connectivity index (χ3n) is 2.61. The Morgan fingerprint density at radius 1 is 1.20 bits per heavy atom. The molecule has 1 rings (SSSR count). The Kier molecular flexibility index (Phi) is 6.29. The number of sulfonamides is 1. The van der Waals surface area contributed by atoms with Gasteiger partial charge >= 0.3 is 0 Å². The van der Waals surface area contributed by atoms with Crippen LogP contribution in [-0.4, -0.2) is 45.0 Å². The SMILES string of the molecule is CN(C)C(=O)c1ccc(NS(=O)(=O)CCCCCl)cc1. The van der Waals surface area contributed by atoms with E-state index in [9.17, 15) is 13.2 Å². The second-order valence-electron chi connectivity index (χ2n) is 4.59. The van der Waals surface area contributed by atoms with Crippen LogP contribution in [0, 0.1) is 0 Å². The van der Waals surface area contributed by atoms with E-state index in [0.29, 0.717) is 30.0 Å². The molecule has 0 bridgehead atoms. The zero-order chi connectivity index (χ0) is 15.2. The van der Waals surface area contributed by atoms with Gasteiger partial charge in [0.1, 0.15) is 0 Å². The predicted octanol–water partition coefficient (Wildman–Crippen LogP) is 2.15. The van der Waals surface area contributed by atoms with Gasteiger partial charge in [0.05, 0.1) is 5.75 Å². The molecule has 1 N–H and O–H groups in total. The van der Waals surface area contributed by atoms with Crippen molar-refractivity contribution in [3.8, 4) is 0 Å². The first-order valence-corrected chi connectivity index (χ1v) is 8.42. The molecular formula is C13H19ClN2O3S. The Hall–Kier alpha value is -1.27. The Morgan fingerprint density at radius 3 is 2.30 bits per heavy atom. The minimum Gasteiger partial charge on any atom is -0.345 e. The van der Waals surface area contributed by atoms with Crippen LogP contribution in [0.3, 0.4) is 0 Å². The van der Waals surface area contributed by atoms with Crippen molar-refractivity contribution in [3.63, 3.8) is 0 Å². The van der Waals surface area contributed by atoms with E-state index in [1.165, 1.54) is 4.90 Å². The van der Waals surface area contributed by atoms with E-state index in [-0.39, 0.29) is 11.7 Å². The van der Waals surface area contributed by atoms with Crippen LogP contribution in [0.1, 0.15) is 23.2 Å². The molecule has 0 aliphatic rings. The number of rotatable bonds is 7. The standard InChI is InChI=1S/C13H19ClN2O3S/c1-16(2)13(17)11-5-7-12(8-6-11)15-20(18,19)10-4-3-9-14/h5-8,15H,3-4,9-10H2,1-2H3. The van der Waals surface area contributed by atoms with Gasteiger partial charge in [-0.2, -0.15) is 0 Å². The number of amides is 1. The molecule has 1 aromatic carbocycles. The number of carbonyl (C=O) groups excluding carboxylic acids is 1. The molecule has 0 radical (unpaired) electrons. The van der Waals surface area contributed by atoms with E-state index in [0.717, 1.165) is 0 Å². The fourth-order valence-electron chi connectivity index (χ4n) is 1.56. The molecule has 0 aliphatic carbocycles. The van der Waals surface area contributed by atoms with Crippen LogP contribution in [0.2, 0.25) is 0 Å². The summed E-state index contributed by atoms with van der Waals surface area (Å²) >= 11 is 5.51. The Balaban J connectivity index is 2.68. The van der Waals surface area contributed by atoms with Gasteiger partial charge in [-0.05, 0) is 37.1 Å². The fourth-order valence-corrected chi connectivity index (χ4v) is 2.93. The number of hydrogen-bond donors (Lipinski definition) is 1. The second kappa shape index (κ2) is 7.50. The summed E-state index contributed by atoms with van der Waals surface area (Å²) in [5, 5.41) is 0. The van der Waals surface area contributed by atoms with Crippen LogP contribution in [0.15, 0.2) is 24.3 Å². The van der Waals surface area contributed by atoms with Gasteiger partial charge in [-0.25, -0.2) is 8.42 Å². The van der Waals surface area contributed by atoms with Crippen LogP contribution in [0.25, 0.3) is 0 Å². The van der Waals surface area contributed by atoms with Crippen molar-refractivity contribution in [1.29, 1.82) is 0 Å². The summed E-state index contributed by atoms with van der Waals surface area (Å²) in [6.45, 7) is 0. The molecule has 112 valence electrons. The summed E-state index contributed by atoms with van der Waals surface area (Å²) in [7, 11) is -0.0352. The molecular weight excluding hydrogens is 300 g/mol. The van der Waals surface area contributed by atoms with Gasteiger partial charge in [-0.3, -0.25) is 9.52 Å². The lowest BCUT2D eigenvalue weighted by Gasteiger charge is -2.11. The van der Waals surface area contributed by atoms with E-state index in [2.05, 4.69) is 4.72 Å². The zero-order valence-corrected chi connectivity index (χ0v) is 13.2. The number of nitrogens with one attached hydrogen (secondary N) is 1. The van der Waals surface area contributed by atoms with Crippen LogP contribution in [0.4, 0.5) is 5.69 Å². The van der Waals surface area contributed by atoms with E-state index in [1.54, 1.807) is 38.4 Å². The maximum Gasteiger partial charge on any atom is 0.253 e. The molecule has 0 spiro atoms. The van der Waals surface area contributed by atoms with Crippen LogP contribution in [0.5, 0.6) is 0 Å². The highest BCUT2D eigenvalue weighted by atomic mass is 35.5. The summed E-state index contributed by atoms with van der Waals surface area (Å²) in [5.41, 5.74) is 0.964. The van der Waals surface area contributed by atoms with Gasteiger partial charge in [0, 0.05) is 31.2 Å². The Morgan fingerprint density at radius 2 is 1.80 bits per heavy atom. The highest BCUT2D eigenvalue weighted by Gasteiger charge is 2.11. The van der Waals surface area contributed by atoms with Crippen LogP contribution >= 0.6 is 11.6 Å². The van der Waals surface area contributed by atoms with Crippen molar-refractivity contribution in [2.75, 3.05) is 30.5 Å². The number of benzene rings is 1. The number of nitrogens with zero attached hydrogens (tertiary/aromatic N) is 1. The third kappa shape index (κ3) is 5.38. The molecule has 7 heteroatoms. The van der Waals surface area contributed by atoms with E-state index in [4.69, 9.17) is 11.6 Å². The van der Waals surface area contributed by atoms with E-state index < -0.39 is 10.0 Å². The lowest BCUT2D eigenvalue weighted by atomic mass is 10.2. The van der Waals surface area contributed by atoms with Gasteiger partial charge in [-0.1, -0.05) is 0 Å². The van der Waals surface area contributed by atoms with E-state index in [1.807, 2.05) is 0 Å². The molecule has 1 aromatic rings. The second-order valence-corrected chi connectivity index (χ2v) is 6.81. The number of hydrogen-bond acceptors (Lipinski definition) is 3. The van der Waals surface area contributed by atoms with Gasteiger partial charge in [0.25, 0.3) is 5.91 Å². The van der Waals surface area contributed by atoms with Crippen LogP contribution in [-0.2, 0) is 10.0 Å². The summed E-state index contributed by atoms with van der Waals surface area (Å²) < 4.78 is 26.0. The normalized spacial score (nSPS) is 11.2. The first-order valence-electron chi connectivity index (χ1n) is 6.24. The van der Waals surface area contributed by atoms with Crippen molar-refractivity contribution in [2.24, 2.45) is 0 Å². The largest absolute Gasteiger partial charge is 0.345 e. The first-order chi connectivity index (χ1) is 9.35. The van der Waals surface area contributed by atoms with Crippen molar-refractivity contribution < 1.29 is 13.2 Å². The molecule has 5 nitrogen and oxygen atoms in total. The highest BCUT2D eigenvalue weighted by molar-refractivity contribution is 7.92. The Labute approximate surface area is 125 Å². The molecule has 0 saturated carbocycles. The smallest absolute Gasteiger partial charge is 0.253 e. The molecule has 0 aromatic heterocycles. The average Bonchev–Trinajstić information content (AvgIpc) is 2.38. The van der Waals surface area contributed by atoms with Crippen molar-refractivity contribution in [1.82, 2.24) is 4.90 Å². The molecule has 0 aliphatic heterocycles. The number of halogens is 1. The molecule has 0 heterocycles. The molecule has 0 atom stereocenters. The third-order valence-corrected chi connectivity index (χ3v) is 4.25. The molecule has 0 fully saturated rings. The molecule has 0 saturated heterocycles. The predicted molar refractivity (Wildman–Crippen MR) is 81.8 cm³/mol. The number of anilines is 1. The molecule has 1 amide bonds. The maximum atomic E-state index is 11.8. The lowest BCUT2D eigenvalue weighted by molar-refractivity contribution is 0.0827. The number of carbonyl (C=O) groups is 1. The van der Waals surface area contributed by atoms with Gasteiger partial charge < -0.3 is 4.90 Å². The maximum absolute atomic E-state index is 11.8. The fraction of sp³-hybridized carbons (Fsp3) is 0.462. The van der Waals surface area contributed by atoms with Gasteiger partial charge in [0.2, 0.25) is 10.0 Å². The van der Waals surface area contributed by atoms with Crippen molar-refractivity contribution in [3.05, 3.63) is 29.8 Å². The lowest BCUT2D eigenvalue weighted by Crippen LogP contribution is -2.21. The highest BCUT2D eigenvalue weighted by Crippen LogP contribution is 2.13. The summed E-state index contributed by atoms with van der Waals surface area (Å²) in [6.07, 6.45) is 1.19. The Bertz CT molecular complexity index is 541. The van der Waals surface area contributed by atoms with Crippen molar-refractivity contribution in [2.45, 2.75) is 12.8 Å². The summed E-state index contributed by atoms with van der Waals surface area (Å²) in [4.78, 5) is 13.2. The topological polar surface area (TPSA) is 66.5 Å². The minimum atomic E-state index is -3.36. The van der Waals surface area contributed by atoms with Crippen LogP contribution < -0.4 is 4.72 Å². The number of unbranched alkanes of at least 4 members (excludes halogenated alkanes) is 1. The van der Waals surface area contributed by atoms with E-state index >= 15 is 0 Å².